The van der Waals surface area contributed by atoms with Crippen molar-refractivity contribution in [2.45, 2.75) is 13.5 Å². The number of nitrogens with two attached hydrogens (primary N) is 2. The number of allylic oxidation sites excluding steroid dienone is 5. The van der Waals surface area contributed by atoms with Crippen LogP contribution in [-0.4, -0.2) is 15.9 Å². The lowest BCUT2D eigenvalue weighted by Gasteiger charge is -2.08. The Balaban J connectivity index is 2.22. The van der Waals surface area contributed by atoms with Crippen molar-refractivity contribution in [3.63, 3.8) is 0 Å². The molecule has 0 aliphatic carbocycles. The largest absolute Gasteiger partial charge is 0.404 e. The van der Waals surface area contributed by atoms with E-state index in [9.17, 15) is 4.79 Å². The second kappa shape index (κ2) is 10.3. The summed E-state index contributed by atoms with van der Waals surface area (Å²) in [5.41, 5.74) is 15.3. The number of carbonyl (C=O) groups is 1. The molecular weight excluding hydrogens is 417 g/mol. The first-order valence-electron chi connectivity index (χ1n) is 10.2. The van der Waals surface area contributed by atoms with Crippen LogP contribution in [0.25, 0.3) is 34.4 Å². The molecule has 33 heavy (non-hydrogen) atoms. The standard InChI is InChI=1S/C26H26FN5O/c1-4-5-6-20(12-28)16(2)11-21-23(13-29)32-26-25(21)24(22(27)15-31-26)19-9-7-18(8-10-19)14-30-17(3)33/h4-13,15H,1-2,14,28-29H2,3H3,(H,30,33)(H,31,32)/b6-5-,20-12+,21-11+,23-13+. The molecule has 2 heterocycles. The van der Waals surface area contributed by atoms with Crippen LogP contribution in [0.15, 0.2) is 79.2 Å². The number of fused-ring (bicyclic) bond motifs is 1. The van der Waals surface area contributed by atoms with Gasteiger partial charge in [-0.1, -0.05) is 55.7 Å². The van der Waals surface area contributed by atoms with Crippen molar-refractivity contribution in [1.29, 1.82) is 0 Å². The Morgan fingerprint density at radius 3 is 2.61 bits per heavy atom. The van der Waals surface area contributed by atoms with E-state index in [0.717, 1.165) is 5.56 Å². The smallest absolute Gasteiger partial charge is 0.217 e. The minimum Gasteiger partial charge on any atom is -0.404 e. The zero-order valence-corrected chi connectivity index (χ0v) is 18.4. The first-order chi connectivity index (χ1) is 15.9. The average molecular weight is 444 g/mol. The molecule has 0 unspecified atom stereocenters. The highest BCUT2D eigenvalue weighted by Crippen LogP contribution is 2.28. The van der Waals surface area contributed by atoms with Gasteiger partial charge in [0.1, 0.15) is 11.5 Å². The predicted molar refractivity (Wildman–Crippen MR) is 132 cm³/mol. The van der Waals surface area contributed by atoms with Crippen molar-refractivity contribution in [3.05, 3.63) is 101 Å². The van der Waals surface area contributed by atoms with Gasteiger partial charge in [-0.25, -0.2) is 9.37 Å². The lowest BCUT2D eigenvalue weighted by atomic mass is 9.99. The zero-order chi connectivity index (χ0) is 24.0. The van der Waals surface area contributed by atoms with Crippen molar-refractivity contribution < 1.29 is 9.18 Å². The number of halogens is 1. The molecule has 1 amide bonds. The quantitative estimate of drug-likeness (QED) is 0.421. The Bertz CT molecular complexity index is 1400. The minimum absolute atomic E-state index is 0.118. The lowest BCUT2D eigenvalue weighted by molar-refractivity contribution is -0.119. The highest BCUT2D eigenvalue weighted by molar-refractivity contribution is 5.95. The summed E-state index contributed by atoms with van der Waals surface area (Å²) in [6.45, 7) is 9.61. The number of aromatic nitrogens is 2. The molecule has 0 spiro atoms. The van der Waals surface area contributed by atoms with Crippen LogP contribution in [0.2, 0.25) is 0 Å². The molecule has 3 aromatic rings. The van der Waals surface area contributed by atoms with Crippen molar-refractivity contribution >= 4 is 29.2 Å². The topological polar surface area (TPSA) is 110 Å². The normalized spacial score (nSPS) is 13.1. The van der Waals surface area contributed by atoms with Gasteiger partial charge in [0.05, 0.1) is 11.5 Å². The number of carbonyl (C=O) groups excluding carboxylic acids is 1. The first kappa shape index (κ1) is 23.3. The molecule has 0 atom stereocenters. The van der Waals surface area contributed by atoms with Gasteiger partial charge < -0.3 is 21.8 Å². The molecule has 6 N–H and O–H groups in total. The number of H-pyrrole nitrogens is 1. The fourth-order valence-corrected chi connectivity index (χ4v) is 3.45. The third kappa shape index (κ3) is 5.10. The lowest BCUT2D eigenvalue weighted by Crippen LogP contribution is -2.25. The van der Waals surface area contributed by atoms with Crippen LogP contribution < -0.4 is 27.4 Å². The van der Waals surface area contributed by atoms with Crippen LogP contribution in [-0.2, 0) is 11.3 Å². The molecule has 3 rings (SSSR count). The third-order valence-corrected chi connectivity index (χ3v) is 5.08. The van der Waals surface area contributed by atoms with Gasteiger partial charge in [0.15, 0.2) is 0 Å². The molecule has 6 nitrogen and oxygen atoms in total. The van der Waals surface area contributed by atoms with Gasteiger partial charge in [0.25, 0.3) is 0 Å². The molecule has 0 saturated heterocycles. The monoisotopic (exact) mass is 443 g/mol. The van der Waals surface area contributed by atoms with Gasteiger partial charge in [-0.15, -0.1) is 0 Å². The van der Waals surface area contributed by atoms with Crippen molar-refractivity contribution in [2.75, 3.05) is 0 Å². The molecule has 7 heteroatoms. The van der Waals surface area contributed by atoms with E-state index in [1.54, 1.807) is 24.3 Å². The third-order valence-electron chi connectivity index (χ3n) is 5.08. The molecule has 0 radical (unpaired) electrons. The van der Waals surface area contributed by atoms with Crippen molar-refractivity contribution in [1.82, 2.24) is 15.3 Å². The Kier molecular flexibility index (Phi) is 7.25. The zero-order valence-electron chi connectivity index (χ0n) is 18.4. The number of hydrogen-bond acceptors (Lipinski definition) is 4. The Morgan fingerprint density at radius 2 is 2.00 bits per heavy atom. The van der Waals surface area contributed by atoms with Crippen molar-refractivity contribution in [3.8, 4) is 11.1 Å². The second-order valence-corrected chi connectivity index (χ2v) is 7.32. The fourth-order valence-electron chi connectivity index (χ4n) is 3.45. The Labute approximate surface area is 191 Å². The van der Waals surface area contributed by atoms with Crippen LogP contribution in [0.5, 0.6) is 0 Å². The molecule has 0 saturated carbocycles. The highest BCUT2D eigenvalue weighted by atomic mass is 19.1. The van der Waals surface area contributed by atoms with E-state index in [2.05, 4.69) is 28.4 Å². The Morgan fingerprint density at radius 1 is 1.27 bits per heavy atom. The number of nitrogens with one attached hydrogen (secondary N) is 2. The van der Waals surface area contributed by atoms with Crippen LogP contribution in [0.3, 0.4) is 0 Å². The number of aromatic amines is 1. The molecule has 0 aliphatic heterocycles. The van der Waals surface area contributed by atoms with Gasteiger partial charge in [0, 0.05) is 42.0 Å². The number of hydrogen-bond donors (Lipinski definition) is 4. The average Bonchev–Trinajstić information content (AvgIpc) is 3.16. The molecular formula is C26H26FN5O. The summed E-state index contributed by atoms with van der Waals surface area (Å²) in [4.78, 5) is 18.5. The molecule has 0 bridgehead atoms. The maximum atomic E-state index is 15.1. The van der Waals surface area contributed by atoms with E-state index < -0.39 is 5.82 Å². The SMILES string of the molecule is C=C/C=C\C(=C/N)C(=C)/C=c1\c(=C/N)[nH]c2ncc(F)c(-c3ccc(CNC(C)=O)cc3)c12. The summed E-state index contributed by atoms with van der Waals surface area (Å²) < 4.78 is 15.1. The summed E-state index contributed by atoms with van der Waals surface area (Å²) in [5, 5.41) is 4.55. The number of pyridine rings is 1. The highest BCUT2D eigenvalue weighted by Gasteiger charge is 2.15. The van der Waals surface area contributed by atoms with Crippen LogP contribution in [0.1, 0.15) is 12.5 Å². The van der Waals surface area contributed by atoms with E-state index in [4.69, 9.17) is 11.5 Å². The molecule has 1 aromatic carbocycles. The maximum Gasteiger partial charge on any atom is 0.217 e. The van der Waals surface area contributed by atoms with E-state index in [1.165, 1.54) is 25.5 Å². The van der Waals surface area contributed by atoms with Gasteiger partial charge in [0.2, 0.25) is 5.91 Å². The fraction of sp³-hybridized carbons (Fsp3) is 0.0769. The van der Waals surface area contributed by atoms with E-state index in [0.29, 0.717) is 50.4 Å². The molecule has 168 valence electrons. The summed E-state index contributed by atoms with van der Waals surface area (Å²) in [6, 6.07) is 7.31. The Hall–Kier alpha value is -4.39. The van der Waals surface area contributed by atoms with Gasteiger partial charge in [-0.2, -0.15) is 0 Å². The summed E-state index contributed by atoms with van der Waals surface area (Å²) in [5.74, 6) is -0.589. The number of rotatable bonds is 7. The second-order valence-electron chi connectivity index (χ2n) is 7.32. The predicted octanol–water partition coefficient (Wildman–Crippen LogP) is 2.62. The first-order valence-corrected chi connectivity index (χ1v) is 10.2. The number of benzene rings is 1. The molecule has 0 aliphatic rings. The van der Waals surface area contributed by atoms with Crippen LogP contribution >= 0.6 is 0 Å². The van der Waals surface area contributed by atoms with E-state index in [-0.39, 0.29) is 5.91 Å². The van der Waals surface area contributed by atoms with E-state index >= 15 is 4.39 Å². The van der Waals surface area contributed by atoms with Crippen LogP contribution in [0, 0.1) is 5.82 Å². The van der Waals surface area contributed by atoms with Gasteiger partial charge >= 0.3 is 0 Å². The minimum atomic E-state index is -0.471. The summed E-state index contributed by atoms with van der Waals surface area (Å²) in [7, 11) is 0. The number of amides is 1. The molecule has 2 aromatic heterocycles. The molecule has 0 fully saturated rings. The van der Waals surface area contributed by atoms with Crippen LogP contribution in [0.4, 0.5) is 4.39 Å². The van der Waals surface area contributed by atoms with E-state index in [1.807, 2.05) is 24.3 Å². The maximum absolute atomic E-state index is 15.1. The van der Waals surface area contributed by atoms with Crippen molar-refractivity contribution in [2.24, 2.45) is 11.5 Å². The summed E-state index contributed by atoms with van der Waals surface area (Å²) >= 11 is 0. The van der Waals surface area contributed by atoms with Gasteiger partial charge in [-0.05, 0) is 28.3 Å². The summed E-state index contributed by atoms with van der Waals surface area (Å²) in [6.07, 6.45) is 11.0. The number of nitrogens with zero attached hydrogens (tertiary/aromatic N) is 1. The van der Waals surface area contributed by atoms with Gasteiger partial charge in [-0.3, -0.25) is 4.79 Å².